The number of amides is 1. The second kappa shape index (κ2) is 12.3. The molecule has 4 rings (SSSR count). The second-order valence-corrected chi connectivity index (χ2v) is 13.0. The lowest BCUT2D eigenvalue weighted by atomic mass is 9.81. The Morgan fingerprint density at radius 1 is 1.13 bits per heavy atom. The van der Waals surface area contributed by atoms with Crippen LogP contribution in [0.25, 0.3) is 0 Å². The van der Waals surface area contributed by atoms with Gasteiger partial charge in [0.2, 0.25) is 0 Å². The first kappa shape index (κ1) is 31.0. The highest BCUT2D eigenvalue weighted by molar-refractivity contribution is 7.91. The maximum atomic E-state index is 13.1. The standard InChI is InChI=1S/C27H35F3N4O3S.CH4/c1-4-38(36,37)23-10-9-22(31-14-23)13-33-26(35)19-11-20-16-34(25(17(2)3)24(20)32-12-19)15-18-5-7-21(8-6-18)27(28,29)30;/h9-12,14,17-18,21,25H,4-8,13,15-16H2,1-3H3,(H,33,35);1H4/t18?,21?,25-;/m0./s1. The molecule has 11 heteroatoms. The molecule has 1 aliphatic heterocycles. The average molecular weight is 569 g/mol. The van der Waals surface area contributed by atoms with E-state index < -0.39 is 21.9 Å². The van der Waals surface area contributed by atoms with E-state index in [9.17, 15) is 26.4 Å². The van der Waals surface area contributed by atoms with Crippen LogP contribution in [0.4, 0.5) is 13.2 Å². The molecule has 1 fully saturated rings. The zero-order chi connectivity index (χ0) is 27.7. The molecule has 0 saturated heterocycles. The van der Waals surface area contributed by atoms with Crippen molar-refractivity contribution >= 4 is 15.7 Å². The smallest absolute Gasteiger partial charge is 0.346 e. The van der Waals surface area contributed by atoms with Crippen LogP contribution >= 0.6 is 0 Å². The molecule has 1 saturated carbocycles. The van der Waals surface area contributed by atoms with Crippen molar-refractivity contribution in [1.29, 1.82) is 0 Å². The SMILES string of the molecule is C.CCS(=O)(=O)c1ccc(CNC(=O)c2cnc3c(c2)CN(CC2CCC(C(F)(F)F)CC2)[C@H]3C(C)C)nc1. The summed E-state index contributed by atoms with van der Waals surface area (Å²) in [6.45, 7) is 7.27. The van der Waals surface area contributed by atoms with Gasteiger partial charge in [0, 0.05) is 25.5 Å². The van der Waals surface area contributed by atoms with Crippen molar-refractivity contribution in [3.8, 4) is 0 Å². The molecule has 1 N–H and O–H groups in total. The van der Waals surface area contributed by atoms with Crippen LogP contribution in [0.2, 0.25) is 0 Å². The fraction of sp³-hybridized carbons (Fsp3) is 0.607. The second-order valence-electron chi connectivity index (χ2n) is 10.7. The molecule has 0 spiro atoms. The van der Waals surface area contributed by atoms with Crippen molar-refractivity contribution in [2.45, 2.75) is 84.1 Å². The number of fused-ring (bicyclic) bond motifs is 1. The summed E-state index contributed by atoms with van der Waals surface area (Å²) in [7, 11) is -3.34. The number of pyridine rings is 2. The first-order valence-electron chi connectivity index (χ1n) is 13.1. The van der Waals surface area contributed by atoms with E-state index in [1.165, 1.54) is 12.3 Å². The number of carbonyl (C=O) groups excluding carboxylic acids is 1. The van der Waals surface area contributed by atoms with Crippen LogP contribution in [0.1, 0.15) is 87.2 Å². The van der Waals surface area contributed by atoms with Crippen molar-refractivity contribution in [3.63, 3.8) is 0 Å². The predicted octanol–water partition coefficient (Wildman–Crippen LogP) is 5.72. The fourth-order valence-electron chi connectivity index (χ4n) is 5.59. The van der Waals surface area contributed by atoms with Crippen LogP contribution in [0.3, 0.4) is 0 Å². The minimum Gasteiger partial charge on any atom is -0.346 e. The van der Waals surface area contributed by atoms with E-state index in [0.717, 1.165) is 17.8 Å². The van der Waals surface area contributed by atoms with Gasteiger partial charge in [0.1, 0.15) is 0 Å². The molecule has 0 unspecified atom stereocenters. The van der Waals surface area contributed by atoms with Gasteiger partial charge in [-0.3, -0.25) is 19.7 Å². The Balaban J connectivity index is 0.00000420. The van der Waals surface area contributed by atoms with E-state index in [2.05, 4.69) is 34.0 Å². The van der Waals surface area contributed by atoms with Crippen LogP contribution < -0.4 is 5.32 Å². The molecule has 2 aliphatic rings. The van der Waals surface area contributed by atoms with E-state index in [1.54, 1.807) is 19.2 Å². The summed E-state index contributed by atoms with van der Waals surface area (Å²) in [4.78, 5) is 24.1. The number of carbonyl (C=O) groups is 1. The number of rotatable bonds is 8. The van der Waals surface area contributed by atoms with Gasteiger partial charge in [0.05, 0.1) is 46.1 Å². The monoisotopic (exact) mass is 568 g/mol. The molecule has 1 aliphatic carbocycles. The van der Waals surface area contributed by atoms with E-state index in [1.807, 2.05) is 6.07 Å². The van der Waals surface area contributed by atoms with Gasteiger partial charge < -0.3 is 5.32 Å². The van der Waals surface area contributed by atoms with Crippen LogP contribution in [-0.4, -0.2) is 47.7 Å². The van der Waals surface area contributed by atoms with Crippen molar-refractivity contribution in [3.05, 3.63) is 53.1 Å². The van der Waals surface area contributed by atoms with Gasteiger partial charge in [-0.1, -0.05) is 28.2 Å². The molecule has 0 bridgehead atoms. The van der Waals surface area contributed by atoms with Crippen molar-refractivity contribution in [2.24, 2.45) is 17.8 Å². The summed E-state index contributed by atoms with van der Waals surface area (Å²) in [6.07, 6.45) is 0.279. The largest absolute Gasteiger partial charge is 0.391 e. The number of sulfone groups is 1. The molecule has 0 aromatic carbocycles. The molecule has 39 heavy (non-hydrogen) atoms. The Kier molecular flexibility index (Phi) is 9.80. The summed E-state index contributed by atoms with van der Waals surface area (Å²) in [5, 5.41) is 2.81. The van der Waals surface area contributed by atoms with Crippen molar-refractivity contribution < 1.29 is 26.4 Å². The molecule has 1 amide bonds. The summed E-state index contributed by atoms with van der Waals surface area (Å²) in [6, 6.07) is 4.97. The van der Waals surface area contributed by atoms with E-state index in [-0.39, 0.29) is 61.2 Å². The number of halogens is 3. The molecule has 3 heterocycles. The normalized spacial score (nSPS) is 21.9. The Labute approximate surface area is 229 Å². The number of alkyl halides is 3. The molecule has 2 aromatic rings. The Bertz CT molecular complexity index is 1240. The fourth-order valence-corrected chi connectivity index (χ4v) is 6.41. The van der Waals surface area contributed by atoms with E-state index in [0.29, 0.717) is 30.6 Å². The third kappa shape index (κ3) is 7.16. The first-order chi connectivity index (χ1) is 17.9. The van der Waals surface area contributed by atoms with Gasteiger partial charge in [-0.05, 0) is 61.3 Å². The molecule has 0 radical (unpaired) electrons. The average Bonchev–Trinajstić information content (AvgIpc) is 3.24. The molecule has 1 atom stereocenters. The van der Waals surface area contributed by atoms with Crippen molar-refractivity contribution in [2.75, 3.05) is 12.3 Å². The topological polar surface area (TPSA) is 92.3 Å². The predicted molar refractivity (Wildman–Crippen MR) is 144 cm³/mol. The molecule has 216 valence electrons. The lowest BCUT2D eigenvalue weighted by Crippen LogP contribution is -2.35. The summed E-state index contributed by atoms with van der Waals surface area (Å²) < 4.78 is 63.1. The lowest BCUT2D eigenvalue weighted by molar-refractivity contribution is -0.184. The van der Waals surface area contributed by atoms with Gasteiger partial charge >= 0.3 is 6.18 Å². The quantitative estimate of drug-likeness (QED) is 0.438. The van der Waals surface area contributed by atoms with Crippen molar-refractivity contribution in [1.82, 2.24) is 20.2 Å². The van der Waals surface area contributed by atoms with Gasteiger partial charge in [0.15, 0.2) is 9.84 Å². The van der Waals surface area contributed by atoms with Gasteiger partial charge in [-0.15, -0.1) is 0 Å². The van der Waals surface area contributed by atoms with E-state index >= 15 is 0 Å². The molecule has 2 aromatic heterocycles. The zero-order valence-corrected chi connectivity index (χ0v) is 22.8. The third-order valence-corrected chi connectivity index (χ3v) is 9.43. The van der Waals surface area contributed by atoms with Crippen LogP contribution in [0.15, 0.2) is 35.5 Å². The maximum absolute atomic E-state index is 13.1. The minimum atomic E-state index is -4.11. The number of nitrogens with zero attached hydrogens (tertiary/aromatic N) is 3. The zero-order valence-electron chi connectivity index (χ0n) is 22.0. The molecule has 7 nitrogen and oxygen atoms in total. The summed E-state index contributed by atoms with van der Waals surface area (Å²) in [5.74, 6) is -1.02. The number of nitrogens with one attached hydrogen (secondary N) is 1. The molecular formula is C28H39F3N4O3S. The van der Waals surface area contributed by atoms with Crippen LogP contribution in [-0.2, 0) is 22.9 Å². The molecular weight excluding hydrogens is 529 g/mol. The number of hydrogen-bond acceptors (Lipinski definition) is 6. The Hall–Kier alpha value is -2.53. The maximum Gasteiger partial charge on any atom is 0.391 e. The summed E-state index contributed by atoms with van der Waals surface area (Å²) in [5.41, 5.74) is 2.85. The highest BCUT2D eigenvalue weighted by atomic mass is 32.2. The number of hydrogen-bond donors (Lipinski definition) is 1. The minimum absolute atomic E-state index is 0. The third-order valence-electron chi connectivity index (χ3n) is 7.71. The highest BCUT2D eigenvalue weighted by Crippen LogP contribution is 2.43. The van der Waals surface area contributed by atoms with Gasteiger partial charge in [-0.2, -0.15) is 13.2 Å². The van der Waals surface area contributed by atoms with Crippen LogP contribution in [0.5, 0.6) is 0 Å². The Morgan fingerprint density at radius 3 is 2.38 bits per heavy atom. The lowest BCUT2D eigenvalue weighted by Gasteiger charge is -2.35. The van der Waals surface area contributed by atoms with Gasteiger partial charge in [-0.25, -0.2) is 8.42 Å². The number of aromatic nitrogens is 2. The van der Waals surface area contributed by atoms with Gasteiger partial charge in [0.25, 0.3) is 5.91 Å². The van der Waals surface area contributed by atoms with Crippen LogP contribution in [0, 0.1) is 17.8 Å². The Morgan fingerprint density at radius 2 is 1.82 bits per heavy atom. The van der Waals surface area contributed by atoms with E-state index in [4.69, 9.17) is 0 Å². The highest BCUT2D eigenvalue weighted by Gasteiger charge is 2.42. The summed E-state index contributed by atoms with van der Waals surface area (Å²) >= 11 is 0. The first-order valence-corrected chi connectivity index (χ1v) is 14.8.